The Labute approximate surface area is 97.1 Å². The average molecular weight is 237 g/mol. The molecule has 1 heterocycles. The van der Waals surface area contributed by atoms with E-state index in [0.29, 0.717) is 17.9 Å². The van der Waals surface area contributed by atoms with Gasteiger partial charge in [-0.1, -0.05) is 29.8 Å². The SMILES string of the molecule is O=Cc1c(O)cnn1Cc1ccccc1Cl. The van der Waals surface area contributed by atoms with Crippen molar-refractivity contribution in [1.82, 2.24) is 9.78 Å². The fraction of sp³-hybridized carbons (Fsp3) is 0.0909. The molecule has 1 N–H and O–H groups in total. The lowest BCUT2D eigenvalue weighted by Crippen LogP contribution is -2.05. The third-order valence-corrected chi connectivity index (χ3v) is 2.62. The van der Waals surface area contributed by atoms with Crippen LogP contribution < -0.4 is 0 Å². The van der Waals surface area contributed by atoms with Crippen LogP contribution in [0.3, 0.4) is 0 Å². The molecule has 0 radical (unpaired) electrons. The highest BCUT2D eigenvalue weighted by Gasteiger charge is 2.10. The molecule has 4 nitrogen and oxygen atoms in total. The third-order valence-electron chi connectivity index (χ3n) is 2.25. The molecule has 0 aliphatic carbocycles. The van der Waals surface area contributed by atoms with E-state index in [1.54, 1.807) is 6.07 Å². The van der Waals surface area contributed by atoms with E-state index in [1.807, 2.05) is 18.2 Å². The van der Waals surface area contributed by atoms with Gasteiger partial charge in [-0.05, 0) is 11.6 Å². The Balaban J connectivity index is 2.34. The maximum absolute atomic E-state index is 10.7. The van der Waals surface area contributed by atoms with Gasteiger partial charge >= 0.3 is 0 Å². The minimum Gasteiger partial charge on any atom is -0.504 e. The molecule has 16 heavy (non-hydrogen) atoms. The molecule has 0 fully saturated rings. The van der Waals surface area contributed by atoms with Crippen molar-refractivity contribution in [1.29, 1.82) is 0 Å². The molecule has 0 amide bonds. The highest BCUT2D eigenvalue weighted by Crippen LogP contribution is 2.19. The third kappa shape index (κ3) is 1.92. The van der Waals surface area contributed by atoms with Crippen LogP contribution in [0.4, 0.5) is 0 Å². The number of halogens is 1. The summed E-state index contributed by atoms with van der Waals surface area (Å²) in [4.78, 5) is 10.7. The van der Waals surface area contributed by atoms with Gasteiger partial charge in [0.1, 0.15) is 5.69 Å². The van der Waals surface area contributed by atoms with Crippen molar-refractivity contribution in [3.63, 3.8) is 0 Å². The molecule has 1 aromatic heterocycles. The monoisotopic (exact) mass is 236 g/mol. The number of benzene rings is 1. The van der Waals surface area contributed by atoms with E-state index in [4.69, 9.17) is 11.6 Å². The summed E-state index contributed by atoms with van der Waals surface area (Å²) in [6, 6.07) is 7.29. The Kier molecular flexibility index (Phi) is 2.92. The van der Waals surface area contributed by atoms with Crippen molar-refractivity contribution >= 4 is 17.9 Å². The van der Waals surface area contributed by atoms with Crippen molar-refractivity contribution in [3.05, 3.63) is 46.7 Å². The number of nitrogens with zero attached hydrogens (tertiary/aromatic N) is 2. The van der Waals surface area contributed by atoms with Gasteiger partial charge in [0.2, 0.25) is 0 Å². The maximum Gasteiger partial charge on any atom is 0.171 e. The summed E-state index contributed by atoms with van der Waals surface area (Å²) in [5.74, 6) is -0.123. The number of hydrogen-bond donors (Lipinski definition) is 1. The molecule has 0 bridgehead atoms. The second-order valence-corrected chi connectivity index (χ2v) is 3.69. The first-order valence-electron chi connectivity index (χ1n) is 4.65. The zero-order valence-corrected chi connectivity index (χ0v) is 9.05. The van der Waals surface area contributed by atoms with E-state index in [0.717, 1.165) is 5.56 Å². The number of aromatic nitrogens is 2. The minimum atomic E-state index is -0.123. The zero-order valence-electron chi connectivity index (χ0n) is 8.30. The minimum absolute atomic E-state index is 0.123. The number of carbonyl (C=O) groups is 1. The van der Waals surface area contributed by atoms with Gasteiger partial charge < -0.3 is 5.11 Å². The van der Waals surface area contributed by atoms with Crippen LogP contribution in [0.25, 0.3) is 0 Å². The van der Waals surface area contributed by atoms with Crippen LogP contribution in [-0.4, -0.2) is 21.2 Å². The molecule has 2 rings (SSSR count). The van der Waals surface area contributed by atoms with Crippen LogP contribution in [0.2, 0.25) is 5.02 Å². The van der Waals surface area contributed by atoms with Gasteiger partial charge in [0.15, 0.2) is 12.0 Å². The topological polar surface area (TPSA) is 55.1 Å². The number of carbonyl (C=O) groups excluding carboxylic acids is 1. The summed E-state index contributed by atoms with van der Waals surface area (Å²) in [7, 11) is 0. The van der Waals surface area contributed by atoms with Crippen LogP contribution in [0.5, 0.6) is 5.75 Å². The van der Waals surface area contributed by atoms with E-state index >= 15 is 0 Å². The summed E-state index contributed by atoms with van der Waals surface area (Å²) in [6.45, 7) is 0.355. The van der Waals surface area contributed by atoms with Crippen molar-refractivity contribution in [3.8, 4) is 5.75 Å². The first-order chi connectivity index (χ1) is 7.72. The predicted molar refractivity (Wildman–Crippen MR) is 59.8 cm³/mol. The quantitative estimate of drug-likeness (QED) is 0.831. The highest BCUT2D eigenvalue weighted by molar-refractivity contribution is 6.31. The molecule has 0 unspecified atom stereocenters. The van der Waals surface area contributed by atoms with Gasteiger partial charge in [-0.3, -0.25) is 9.48 Å². The molecule has 5 heteroatoms. The fourth-order valence-corrected chi connectivity index (χ4v) is 1.62. The van der Waals surface area contributed by atoms with Crippen LogP contribution in [0, 0.1) is 0 Å². The van der Waals surface area contributed by atoms with Gasteiger partial charge in [-0.25, -0.2) is 0 Å². The summed E-state index contributed by atoms with van der Waals surface area (Å²) in [6.07, 6.45) is 1.81. The Morgan fingerprint density at radius 2 is 2.19 bits per heavy atom. The van der Waals surface area contributed by atoms with E-state index in [-0.39, 0.29) is 11.4 Å². The van der Waals surface area contributed by atoms with Crippen LogP contribution >= 0.6 is 11.6 Å². The maximum atomic E-state index is 10.7. The normalized spacial score (nSPS) is 10.3. The molecular weight excluding hydrogens is 228 g/mol. The summed E-state index contributed by atoms with van der Waals surface area (Å²) in [5, 5.41) is 13.8. The number of aromatic hydroxyl groups is 1. The molecule has 0 spiro atoms. The summed E-state index contributed by atoms with van der Waals surface area (Å²) in [5.41, 5.74) is 0.996. The number of aldehydes is 1. The largest absolute Gasteiger partial charge is 0.504 e. The molecule has 1 aromatic carbocycles. The average Bonchev–Trinajstić information content (AvgIpc) is 2.63. The molecule has 0 atom stereocenters. The smallest absolute Gasteiger partial charge is 0.171 e. The Morgan fingerprint density at radius 1 is 1.44 bits per heavy atom. The molecule has 0 aliphatic rings. The van der Waals surface area contributed by atoms with Crippen LogP contribution in [0.15, 0.2) is 30.5 Å². The standard InChI is InChI=1S/C11H9ClN2O2/c12-9-4-2-1-3-8(9)6-14-10(7-15)11(16)5-13-14/h1-5,7,16H,6H2. The predicted octanol–water partition coefficient (Wildman–Crippen LogP) is 2.10. The van der Waals surface area contributed by atoms with Gasteiger partial charge in [0.05, 0.1) is 12.7 Å². The molecule has 0 saturated heterocycles. The second kappa shape index (κ2) is 4.37. The van der Waals surface area contributed by atoms with E-state index in [2.05, 4.69) is 5.10 Å². The second-order valence-electron chi connectivity index (χ2n) is 3.28. The summed E-state index contributed by atoms with van der Waals surface area (Å²) >= 11 is 5.98. The first-order valence-corrected chi connectivity index (χ1v) is 5.03. The van der Waals surface area contributed by atoms with Crippen molar-refractivity contribution < 1.29 is 9.90 Å². The van der Waals surface area contributed by atoms with E-state index in [1.165, 1.54) is 10.9 Å². The van der Waals surface area contributed by atoms with Gasteiger partial charge in [-0.15, -0.1) is 0 Å². The molecule has 0 saturated carbocycles. The molecular formula is C11H9ClN2O2. The number of hydrogen-bond acceptors (Lipinski definition) is 3. The van der Waals surface area contributed by atoms with Gasteiger partial charge in [0.25, 0.3) is 0 Å². The van der Waals surface area contributed by atoms with Crippen molar-refractivity contribution in [2.24, 2.45) is 0 Å². The van der Waals surface area contributed by atoms with Gasteiger partial charge in [-0.2, -0.15) is 5.10 Å². The Bertz CT molecular complexity index is 522. The fourth-order valence-electron chi connectivity index (χ4n) is 1.42. The lowest BCUT2D eigenvalue weighted by molar-refractivity contribution is 0.111. The Hall–Kier alpha value is -1.81. The number of rotatable bonds is 3. The Morgan fingerprint density at radius 3 is 2.88 bits per heavy atom. The van der Waals surface area contributed by atoms with Crippen LogP contribution in [0.1, 0.15) is 16.1 Å². The van der Waals surface area contributed by atoms with Crippen molar-refractivity contribution in [2.45, 2.75) is 6.54 Å². The van der Waals surface area contributed by atoms with E-state index < -0.39 is 0 Å². The lowest BCUT2D eigenvalue weighted by atomic mass is 10.2. The lowest BCUT2D eigenvalue weighted by Gasteiger charge is -2.05. The summed E-state index contributed by atoms with van der Waals surface area (Å²) < 4.78 is 1.41. The van der Waals surface area contributed by atoms with Crippen LogP contribution in [-0.2, 0) is 6.54 Å². The van der Waals surface area contributed by atoms with E-state index in [9.17, 15) is 9.90 Å². The van der Waals surface area contributed by atoms with Gasteiger partial charge in [0, 0.05) is 5.02 Å². The highest BCUT2D eigenvalue weighted by atomic mass is 35.5. The zero-order chi connectivity index (χ0) is 11.5. The first kappa shape index (κ1) is 10.7. The molecule has 82 valence electrons. The molecule has 0 aliphatic heterocycles. The van der Waals surface area contributed by atoms with Crippen molar-refractivity contribution in [2.75, 3.05) is 0 Å². The molecule has 2 aromatic rings.